The smallest absolute Gasteiger partial charge is 0.175 e. The van der Waals surface area contributed by atoms with Crippen LogP contribution in [0.2, 0.25) is 0 Å². The van der Waals surface area contributed by atoms with Crippen LogP contribution in [0.1, 0.15) is 41.8 Å². The Morgan fingerprint density at radius 1 is 1.38 bits per heavy atom. The van der Waals surface area contributed by atoms with Crippen LogP contribution in [0.25, 0.3) is 0 Å². The van der Waals surface area contributed by atoms with Gasteiger partial charge in [-0.05, 0) is 25.0 Å². The molecule has 1 saturated carbocycles. The summed E-state index contributed by atoms with van der Waals surface area (Å²) in [5, 5.41) is 14.3. The van der Waals surface area contributed by atoms with Gasteiger partial charge in [0, 0.05) is 27.8 Å². The number of aliphatic hydroxyl groups is 1. The average Bonchev–Trinajstić information content (AvgIpc) is 3.14. The van der Waals surface area contributed by atoms with Crippen molar-refractivity contribution < 1.29 is 18.0 Å². The molecule has 0 amide bonds. The number of nitrogens with zero attached hydrogens (tertiary/aromatic N) is 1. The van der Waals surface area contributed by atoms with Gasteiger partial charge in [0.05, 0.1) is 11.1 Å². The highest BCUT2D eigenvalue weighted by Crippen LogP contribution is 2.44. The molecule has 21 heavy (non-hydrogen) atoms. The van der Waals surface area contributed by atoms with E-state index in [-0.39, 0.29) is 10.8 Å². The standard InChI is InChI=1S/C14H14BrNO4S/c1-21(18,19)12-6-9(15)4-5-10(12)13(17)11-7-16-20-14(11)8-2-3-8/h4-8,13,17H,2-3H2,1H3. The number of rotatable bonds is 4. The Labute approximate surface area is 131 Å². The first-order valence-electron chi connectivity index (χ1n) is 6.50. The van der Waals surface area contributed by atoms with Crippen molar-refractivity contribution in [3.8, 4) is 0 Å². The summed E-state index contributed by atoms with van der Waals surface area (Å²) < 4.78 is 29.7. The van der Waals surface area contributed by atoms with Gasteiger partial charge in [0.2, 0.25) is 0 Å². The van der Waals surface area contributed by atoms with Crippen LogP contribution in [0.3, 0.4) is 0 Å². The first-order valence-corrected chi connectivity index (χ1v) is 9.18. The molecule has 2 aromatic rings. The van der Waals surface area contributed by atoms with Crippen LogP contribution in [0.5, 0.6) is 0 Å². The van der Waals surface area contributed by atoms with Crippen LogP contribution in [-0.2, 0) is 9.84 Å². The third kappa shape index (κ3) is 2.90. The summed E-state index contributed by atoms with van der Waals surface area (Å²) >= 11 is 3.26. The Bertz CT molecular complexity index is 780. The fraction of sp³-hybridized carbons (Fsp3) is 0.357. The van der Waals surface area contributed by atoms with Gasteiger partial charge >= 0.3 is 0 Å². The van der Waals surface area contributed by atoms with E-state index in [9.17, 15) is 13.5 Å². The zero-order valence-electron chi connectivity index (χ0n) is 11.3. The van der Waals surface area contributed by atoms with Crippen molar-refractivity contribution >= 4 is 25.8 Å². The summed E-state index contributed by atoms with van der Waals surface area (Å²) in [6.45, 7) is 0. The minimum Gasteiger partial charge on any atom is -0.383 e. The van der Waals surface area contributed by atoms with Gasteiger partial charge in [-0.15, -0.1) is 0 Å². The van der Waals surface area contributed by atoms with Crippen LogP contribution in [0, 0.1) is 0 Å². The Morgan fingerprint density at radius 2 is 2.10 bits per heavy atom. The van der Waals surface area contributed by atoms with E-state index in [4.69, 9.17) is 4.52 Å². The van der Waals surface area contributed by atoms with E-state index in [2.05, 4.69) is 21.1 Å². The number of benzene rings is 1. The minimum absolute atomic E-state index is 0.104. The quantitative estimate of drug-likeness (QED) is 0.893. The molecule has 1 aromatic heterocycles. The molecule has 1 aromatic carbocycles. The first-order chi connectivity index (χ1) is 9.88. The van der Waals surface area contributed by atoms with Gasteiger partial charge in [0.1, 0.15) is 11.9 Å². The molecular weight excluding hydrogens is 358 g/mol. The molecule has 5 nitrogen and oxygen atoms in total. The lowest BCUT2D eigenvalue weighted by atomic mass is 10.0. The Morgan fingerprint density at radius 3 is 2.71 bits per heavy atom. The third-order valence-corrected chi connectivity index (χ3v) is 5.19. The molecule has 1 fully saturated rings. The predicted molar refractivity (Wildman–Crippen MR) is 79.8 cm³/mol. The molecule has 3 rings (SSSR count). The molecule has 0 aliphatic heterocycles. The Kier molecular flexibility index (Phi) is 3.67. The number of aliphatic hydroxyl groups excluding tert-OH is 1. The van der Waals surface area contributed by atoms with Gasteiger partial charge < -0.3 is 9.63 Å². The topological polar surface area (TPSA) is 80.4 Å². The number of sulfone groups is 1. The van der Waals surface area contributed by atoms with Crippen molar-refractivity contribution in [1.82, 2.24) is 5.16 Å². The molecule has 1 heterocycles. The maximum atomic E-state index is 11.9. The number of hydrogen-bond donors (Lipinski definition) is 1. The molecule has 0 saturated heterocycles. The van der Waals surface area contributed by atoms with Crippen molar-refractivity contribution in [3.05, 3.63) is 45.8 Å². The highest BCUT2D eigenvalue weighted by Gasteiger charge is 2.33. The second-order valence-electron chi connectivity index (χ2n) is 5.28. The van der Waals surface area contributed by atoms with E-state index >= 15 is 0 Å². The largest absolute Gasteiger partial charge is 0.383 e. The van der Waals surface area contributed by atoms with Gasteiger partial charge in [-0.2, -0.15) is 0 Å². The second-order valence-corrected chi connectivity index (χ2v) is 8.18. The molecule has 1 aliphatic rings. The van der Waals surface area contributed by atoms with E-state index in [0.717, 1.165) is 19.1 Å². The van der Waals surface area contributed by atoms with Crippen LogP contribution in [0.4, 0.5) is 0 Å². The minimum atomic E-state index is -3.45. The van der Waals surface area contributed by atoms with Gasteiger partial charge in [0.15, 0.2) is 9.84 Å². The molecule has 1 atom stereocenters. The van der Waals surface area contributed by atoms with E-state index in [1.54, 1.807) is 12.1 Å². The second kappa shape index (κ2) is 5.23. The van der Waals surface area contributed by atoms with E-state index in [1.165, 1.54) is 12.3 Å². The normalized spacial score (nSPS) is 16.9. The van der Waals surface area contributed by atoms with E-state index in [1.807, 2.05) is 0 Å². The first kappa shape index (κ1) is 14.7. The lowest BCUT2D eigenvalue weighted by molar-refractivity contribution is 0.213. The third-order valence-electron chi connectivity index (χ3n) is 3.54. The lowest BCUT2D eigenvalue weighted by Gasteiger charge is -2.14. The molecule has 112 valence electrons. The monoisotopic (exact) mass is 371 g/mol. The summed E-state index contributed by atoms with van der Waals surface area (Å²) in [6, 6.07) is 4.81. The highest BCUT2D eigenvalue weighted by atomic mass is 79.9. The molecule has 0 spiro atoms. The van der Waals surface area contributed by atoms with Gasteiger partial charge in [0.25, 0.3) is 0 Å². The van der Waals surface area contributed by atoms with Crippen molar-refractivity contribution in [1.29, 1.82) is 0 Å². The summed E-state index contributed by atoms with van der Waals surface area (Å²) in [5.41, 5.74) is 0.885. The molecular formula is C14H14BrNO4S. The fourth-order valence-electron chi connectivity index (χ4n) is 2.34. The SMILES string of the molecule is CS(=O)(=O)c1cc(Br)ccc1C(O)c1cnoc1C1CC1. The fourth-order valence-corrected chi connectivity index (χ4v) is 3.80. The highest BCUT2D eigenvalue weighted by molar-refractivity contribution is 9.10. The Hall–Kier alpha value is -1.18. The van der Waals surface area contributed by atoms with Crippen LogP contribution < -0.4 is 0 Å². The zero-order valence-corrected chi connectivity index (χ0v) is 13.7. The van der Waals surface area contributed by atoms with Gasteiger partial charge in [-0.3, -0.25) is 0 Å². The summed E-state index contributed by atoms with van der Waals surface area (Å²) in [4.78, 5) is 0.104. The maximum absolute atomic E-state index is 11.9. The number of halogens is 1. The molecule has 0 radical (unpaired) electrons. The molecule has 7 heteroatoms. The molecule has 0 bridgehead atoms. The molecule has 1 unspecified atom stereocenters. The molecule has 1 aliphatic carbocycles. The van der Waals surface area contributed by atoms with Crippen LogP contribution in [-0.4, -0.2) is 24.9 Å². The zero-order chi connectivity index (χ0) is 15.2. The van der Waals surface area contributed by atoms with Gasteiger partial charge in [-0.1, -0.05) is 27.2 Å². The van der Waals surface area contributed by atoms with Crippen molar-refractivity contribution in [3.63, 3.8) is 0 Å². The Balaban J connectivity index is 2.09. The van der Waals surface area contributed by atoms with Gasteiger partial charge in [-0.25, -0.2) is 8.42 Å². The lowest BCUT2D eigenvalue weighted by Crippen LogP contribution is -2.09. The average molecular weight is 372 g/mol. The van der Waals surface area contributed by atoms with E-state index < -0.39 is 15.9 Å². The number of hydrogen-bond acceptors (Lipinski definition) is 5. The predicted octanol–water partition coefficient (Wildman–Crippen LogP) is 2.80. The van der Waals surface area contributed by atoms with Crippen molar-refractivity contribution in [2.24, 2.45) is 0 Å². The summed E-state index contributed by atoms with van der Waals surface area (Å²) in [5.74, 6) is 0.944. The summed E-state index contributed by atoms with van der Waals surface area (Å²) in [7, 11) is -3.45. The van der Waals surface area contributed by atoms with E-state index in [0.29, 0.717) is 21.4 Å². The van der Waals surface area contributed by atoms with Crippen LogP contribution in [0.15, 0.2) is 38.3 Å². The van der Waals surface area contributed by atoms with Crippen molar-refractivity contribution in [2.45, 2.75) is 29.8 Å². The van der Waals surface area contributed by atoms with Crippen molar-refractivity contribution in [2.75, 3.05) is 6.26 Å². The number of aromatic nitrogens is 1. The summed E-state index contributed by atoms with van der Waals surface area (Å²) in [6.07, 6.45) is 3.54. The maximum Gasteiger partial charge on any atom is 0.175 e. The van der Waals surface area contributed by atoms with Crippen LogP contribution >= 0.6 is 15.9 Å². The molecule has 1 N–H and O–H groups in total.